The maximum absolute atomic E-state index is 11.7. The molecule has 0 saturated heterocycles. The predicted octanol–water partition coefficient (Wildman–Crippen LogP) is 2.81. The lowest BCUT2D eigenvalue weighted by molar-refractivity contribution is -0.385. The fourth-order valence-corrected chi connectivity index (χ4v) is 1.81. The first-order valence-corrected chi connectivity index (χ1v) is 6.45. The molecule has 98 valence electrons. The van der Waals surface area contributed by atoms with Gasteiger partial charge in [0.1, 0.15) is 0 Å². The molecule has 0 radical (unpaired) electrons. The maximum atomic E-state index is 11.7. The summed E-state index contributed by atoms with van der Waals surface area (Å²) in [6, 6.07) is 4.82. The van der Waals surface area contributed by atoms with E-state index in [2.05, 4.69) is 21.2 Å². The van der Waals surface area contributed by atoms with Gasteiger partial charge in [-0.05, 0) is 40.9 Å². The summed E-state index contributed by atoms with van der Waals surface area (Å²) >= 11 is 3.11. The zero-order valence-corrected chi connectivity index (χ0v) is 11.9. The first-order valence-electron chi connectivity index (χ1n) is 5.66. The number of halogens is 1. The number of hydrogen-bond donors (Lipinski definition) is 1. The molecule has 0 spiro atoms. The van der Waals surface area contributed by atoms with Crippen LogP contribution in [-0.4, -0.2) is 16.9 Å². The Kier molecular flexibility index (Phi) is 5.27. The van der Waals surface area contributed by atoms with Crippen molar-refractivity contribution in [3.8, 4) is 0 Å². The third-order valence-electron chi connectivity index (χ3n) is 2.59. The van der Waals surface area contributed by atoms with E-state index in [1.807, 2.05) is 13.8 Å². The molecular formula is C12H15BrN2O3. The van der Waals surface area contributed by atoms with Gasteiger partial charge in [0.15, 0.2) is 0 Å². The lowest BCUT2D eigenvalue weighted by Crippen LogP contribution is -2.33. The highest BCUT2D eigenvalue weighted by Gasteiger charge is 2.14. The molecule has 1 N–H and O–H groups in total. The van der Waals surface area contributed by atoms with Gasteiger partial charge in [-0.3, -0.25) is 14.9 Å². The normalized spacial score (nSPS) is 11.9. The van der Waals surface area contributed by atoms with Crippen LogP contribution in [0.5, 0.6) is 0 Å². The number of amides is 1. The van der Waals surface area contributed by atoms with Crippen LogP contribution >= 0.6 is 15.9 Å². The minimum absolute atomic E-state index is 0.0242. The van der Waals surface area contributed by atoms with Crippen molar-refractivity contribution < 1.29 is 9.72 Å². The summed E-state index contributed by atoms with van der Waals surface area (Å²) in [6.07, 6.45) is 1.00. The van der Waals surface area contributed by atoms with E-state index in [9.17, 15) is 14.9 Å². The zero-order chi connectivity index (χ0) is 13.7. The Hall–Kier alpha value is -1.43. The van der Waals surface area contributed by atoms with E-state index in [1.54, 1.807) is 12.1 Å². The molecule has 0 aliphatic rings. The number of nitrogens with one attached hydrogen (secondary N) is 1. The van der Waals surface area contributed by atoms with Crippen LogP contribution in [0.15, 0.2) is 22.7 Å². The van der Waals surface area contributed by atoms with Gasteiger partial charge in [0.25, 0.3) is 5.69 Å². The van der Waals surface area contributed by atoms with Crippen LogP contribution in [0.3, 0.4) is 0 Å². The molecular weight excluding hydrogens is 300 g/mol. The van der Waals surface area contributed by atoms with Crippen LogP contribution in [0.2, 0.25) is 0 Å². The van der Waals surface area contributed by atoms with Crippen molar-refractivity contribution >= 4 is 27.5 Å². The lowest BCUT2D eigenvalue weighted by Gasteiger charge is -2.11. The summed E-state index contributed by atoms with van der Waals surface area (Å²) in [5, 5.41) is 13.6. The summed E-state index contributed by atoms with van der Waals surface area (Å²) in [7, 11) is 0. The molecule has 0 aliphatic carbocycles. The highest BCUT2D eigenvalue weighted by Crippen LogP contribution is 2.25. The Balaban J connectivity index is 2.76. The molecule has 1 atom stereocenters. The highest BCUT2D eigenvalue weighted by molar-refractivity contribution is 9.10. The summed E-state index contributed by atoms with van der Waals surface area (Å²) in [6.45, 7) is 3.90. The van der Waals surface area contributed by atoms with Gasteiger partial charge in [-0.2, -0.15) is 0 Å². The minimum Gasteiger partial charge on any atom is -0.353 e. The number of carbonyl (C=O) groups excluding carboxylic acids is 1. The Morgan fingerprint density at radius 2 is 2.22 bits per heavy atom. The van der Waals surface area contributed by atoms with E-state index in [0.717, 1.165) is 6.42 Å². The van der Waals surface area contributed by atoms with E-state index < -0.39 is 4.92 Å². The molecule has 1 aromatic carbocycles. The molecule has 1 rings (SSSR count). The molecule has 5 nitrogen and oxygen atoms in total. The molecule has 1 amide bonds. The molecule has 1 aromatic rings. The summed E-state index contributed by atoms with van der Waals surface area (Å²) in [5.74, 6) is -0.124. The van der Waals surface area contributed by atoms with Crippen LogP contribution in [0.4, 0.5) is 5.69 Å². The minimum atomic E-state index is -0.472. The van der Waals surface area contributed by atoms with Crippen LogP contribution in [0.25, 0.3) is 0 Å². The van der Waals surface area contributed by atoms with E-state index in [4.69, 9.17) is 0 Å². The van der Waals surface area contributed by atoms with Crippen molar-refractivity contribution in [1.82, 2.24) is 5.32 Å². The Morgan fingerprint density at radius 3 is 2.78 bits per heavy atom. The number of nitro groups is 1. The van der Waals surface area contributed by atoms with E-state index >= 15 is 0 Å². The van der Waals surface area contributed by atoms with Gasteiger partial charge in [0, 0.05) is 12.1 Å². The van der Waals surface area contributed by atoms with Gasteiger partial charge in [-0.15, -0.1) is 0 Å². The largest absolute Gasteiger partial charge is 0.353 e. The van der Waals surface area contributed by atoms with Crippen molar-refractivity contribution in [3.63, 3.8) is 0 Å². The fourth-order valence-electron chi connectivity index (χ4n) is 1.42. The van der Waals surface area contributed by atoms with Crippen molar-refractivity contribution in [2.45, 2.75) is 32.7 Å². The topological polar surface area (TPSA) is 72.2 Å². The monoisotopic (exact) mass is 314 g/mol. The molecule has 0 aliphatic heterocycles. The highest BCUT2D eigenvalue weighted by atomic mass is 79.9. The number of carbonyl (C=O) groups is 1. The Labute approximate surface area is 114 Å². The SMILES string of the molecule is CCC(C)NC(=O)Cc1ccc(Br)c([N+](=O)[O-])c1. The van der Waals surface area contributed by atoms with Gasteiger partial charge >= 0.3 is 0 Å². The molecule has 0 fully saturated rings. The number of benzene rings is 1. The Morgan fingerprint density at radius 1 is 1.56 bits per heavy atom. The van der Waals surface area contributed by atoms with E-state index in [1.165, 1.54) is 6.07 Å². The molecule has 0 heterocycles. The van der Waals surface area contributed by atoms with Gasteiger partial charge in [0.05, 0.1) is 15.8 Å². The van der Waals surface area contributed by atoms with Gasteiger partial charge in [0.2, 0.25) is 5.91 Å². The van der Waals surface area contributed by atoms with Gasteiger partial charge < -0.3 is 5.32 Å². The molecule has 0 bridgehead atoms. The van der Waals surface area contributed by atoms with Crippen LogP contribution in [-0.2, 0) is 11.2 Å². The molecule has 0 aromatic heterocycles. The maximum Gasteiger partial charge on any atom is 0.283 e. The average molecular weight is 315 g/mol. The van der Waals surface area contributed by atoms with E-state index in [-0.39, 0.29) is 24.1 Å². The summed E-state index contributed by atoms with van der Waals surface area (Å²) in [4.78, 5) is 21.9. The van der Waals surface area contributed by atoms with Crippen molar-refractivity contribution in [3.05, 3.63) is 38.3 Å². The zero-order valence-electron chi connectivity index (χ0n) is 10.3. The van der Waals surface area contributed by atoms with Crippen LogP contribution in [0, 0.1) is 10.1 Å². The molecule has 1 unspecified atom stereocenters. The molecule has 0 saturated carbocycles. The van der Waals surface area contributed by atoms with Gasteiger partial charge in [-0.1, -0.05) is 13.0 Å². The van der Waals surface area contributed by atoms with E-state index in [0.29, 0.717) is 10.0 Å². The van der Waals surface area contributed by atoms with Crippen LogP contribution in [0.1, 0.15) is 25.8 Å². The van der Waals surface area contributed by atoms with Crippen molar-refractivity contribution in [2.24, 2.45) is 0 Å². The second kappa shape index (κ2) is 6.49. The summed E-state index contributed by atoms with van der Waals surface area (Å²) in [5.41, 5.74) is 0.606. The second-order valence-corrected chi connectivity index (χ2v) is 4.95. The first-order chi connectivity index (χ1) is 8.43. The number of hydrogen-bond acceptors (Lipinski definition) is 3. The van der Waals surface area contributed by atoms with Crippen molar-refractivity contribution in [2.75, 3.05) is 0 Å². The second-order valence-electron chi connectivity index (χ2n) is 4.10. The molecule has 18 heavy (non-hydrogen) atoms. The third-order valence-corrected chi connectivity index (χ3v) is 3.26. The fraction of sp³-hybridized carbons (Fsp3) is 0.417. The first kappa shape index (κ1) is 14.6. The average Bonchev–Trinajstić information content (AvgIpc) is 2.31. The Bertz CT molecular complexity index is 463. The molecule has 6 heteroatoms. The number of nitrogens with zero attached hydrogens (tertiary/aromatic N) is 1. The number of nitro benzene ring substituents is 1. The predicted molar refractivity (Wildman–Crippen MR) is 72.4 cm³/mol. The number of rotatable bonds is 5. The third kappa shape index (κ3) is 4.10. The van der Waals surface area contributed by atoms with Gasteiger partial charge in [-0.25, -0.2) is 0 Å². The smallest absolute Gasteiger partial charge is 0.283 e. The standard InChI is InChI=1S/C12H15BrN2O3/c1-3-8(2)14-12(16)7-9-4-5-10(13)11(6-9)15(17)18/h4-6,8H,3,7H2,1-2H3,(H,14,16). The quantitative estimate of drug-likeness (QED) is 0.671. The lowest BCUT2D eigenvalue weighted by atomic mass is 10.1. The van der Waals surface area contributed by atoms with Crippen LogP contribution < -0.4 is 5.32 Å². The summed E-state index contributed by atoms with van der Waals surface area (Å²) < 4.78 is 0.415. The van der Waals surface area contributed by atoms with Crippen molar-refractivity contribution in [1.29, 1.82) is 0 Å².